The molecule has 0 aliphatic carbocycles. The topological polar surface area (TPSA) is 58.2 Å². The maximum absolute atomic E-state index is 11.7. The third-order valence-electron chi connectivity index (χ3n) is 2.53. The number of nitrogens with one attached hydrogen (secondary N) is 2. The van der Waals surface area contributed by atoms with E-state index in [2.05, 4.69) is 10.6 Å². The number of anilines is 1. The maximum Gasteiger partial charge on any atom is 0.234 e. The van der Waals surface area contributed by atoms with Crippen molar-refractivity contribution in [1.29, 1.82) is 0 Å². The number of amides is 2. The van der Waals surface area contributed by atoms with Gasteiger partial charge >= 0.3 is 0 Å². The molecule has 1 saturated heterocycles. The van der Waals surface area contributed by atoms with Gasteiger partial charge in [0.2, 0.25) is 11.8 Å². The average molecular weight is 250 g/mol. The van der Waals surface area contributed by atoms with E-state index in [1.54, 1.807) is 0 Å². The molecule has 0 radical (unpaired) electrons. The molecule has 0 bridgehead atoms. The summed E-state index contributed by atoms with van der Waals surface area (Å²) < 4.78 is 0. The summed E-state index contributed by atoms with van der Waals surface area (Å²) in [5.41, 5.74) is 1.91. The molecular formula is C12H14N2O2S. The molecule has 1 unspecified atom stereocenters. The van der Waals surface area contributed by atoms with Gasteiger partial charge in [-0.25, -0.2) is 0 Å². The highest BCUT2D eigenvalue weighted by Crippen LogP contribution is 2.20. The van der Waals surface area contributed by atoms with Crippen molar-refractivity contribution in [3.8, 4) is 0 Å². The lowest BCUT2D eigenvalue weighted by Gasteiger charge is -2.07. The summed E-state index contributed by atoms with van der Waals surface area (Å²) in [4.78, 5) is 23.0. The van der Waals surface area contributed by atoms with Crippen LogP contribution in [-0.4, -0.2) is 22.9 Å². The van der Waals surface area contributed by atoms with Crippen molar-refractivity contribution >= 4 is 29.3 Å². The largest absolute Gasteiger partial charge is 0.346 e. The van der Waals surface area contributed by atoms with Gasteiger partial charge in [0.1, 0.15) is 0 Å². The Hall–Kier alpha value is -1.49. The van der Waals surface area contributed by atoms with Crippen LogP contribution in [0, 0.1) is 6.92 Å². The van der Waals surface area contributed by atoms with Crippen molar-refractivity contribution in [2.24, 2.45) is 0 Å². The molecule has 0 saturated carbocycles. The zero-order chi connectivity index (χ0) is 12.3. The molecule has 1 atom stereocenters. The predicted molar refractivity (Wildman–Crippen MR) is 68.8 cm³/mol. The minimum Gasteiger partial charge on any atom is -0.346 e. The lowest BCUT2D eigenvalue weighted by atomic mass is 10.2. The van der Waals surface area contributed by atoms with Gasteiger partial charge < -0.3 is 10.6 Å². The van der Waals surface area contributed by atoms with Crippen LogP contribution in [0.25, 0.3) is 0 Å². The Morgan fingerprint density at radius 1 is 1.47 bits per heavy atom. The Bertz CT molecular complexity index is 431. The third kappa shape index (κ3) is 3.23. The van der Waals surface area contributed by atoms with E-state index in [1.165, 1.54) is 11.8 Å². The highest BCUT2D eigenvalue weighted by molar-refractivity contribution is 8.01. The maximum atomic E-state index is 11.7. The molecule has 2 N–H and O–H groups in total. The second-order valence-electron chi connectivity index (χ2n) is 3.96. The summed E-state index contributed by atoms with van der Waals surface area (Å²) in [6.45, 7) is 1.99. The average Bonchev–Trinajstić information content (AvgIpc) is 2.68. The molecule has 0 spiro atoms. The molecule has 2 amide bonds. The van der Waals surface area contributed by atoms with Crippen LogP contribution in [0.5, 0.6) is 0 Å². The van der Waals surface area contributed by atoms with Gasteiger partial charge in [-0.05, 0) is 19.1 Å². The Kier molecular flexibility index (Phi) is 3.68. The molecule has 1 fully saturated rings. The first-order valence-corrected chi connectivity index (χ1v) is 6.46. The number of hydrogen-bond donors (Lipinski definition) is 2. The molecule has 4 nitrogen and oxygen atoms in total. The lowest BCUT2D eigenvalue weighted by molar-refractivity contribution is -0.123. The molecule has 1 aliphatic heterocycles. The summed E-state index contributed by atoms with van der Waals surface area (Å²) in [7, 11) is 0. The highest BCUT2D eigenvalue weighted by Gasteiger charge is 2.27. The standard InChI is InChI=1S/C12H14N2O2S/c1-8-2-4-9(5-3-8)14-11(15)6-10-12(16)13-7-17-10/h2-5,10H,6-7H2,1H3,(H,13,16)(H,14,15). The minimum atomic E-state index is -0.250. The van der Waals surface area contributed by atoms with Gasteiger partial charge in [0.25, 0.3) is 0 Å². The van der Waals surface area contributed by atoms with E-state index in [9.17, 15) is 9.59 Å². The number of rotatable bonds is 3. The summed E-state index contributed by atoms with van der Waals surface area (Å²) in [5, 5.41) is 5.23. The van der Waals surface area contributed by atoms with Crippen LogP contribution in [-0.2, 0) is 9.59 Å². The molecule has 1 aromatic carbocycles. The van der Waals surface area contributed by atoms with Gasteiger partial charge in [-0.1, -0.05) is 17.7 Å². The smallest absolute Gasteiger partial charge is 0.234 e. The van der Waals surface area contributed by atoms with Gasteiger partial charge in [0.15, 0.2) is 0 Å². The van der Waals surface area contributed by atoms with Crippen LogP contribution in [0.4, 0.5) is 5.69 Å². The zero-order valence-corrected chi connectivity index (χ0v) is 10.3. The predicted octanol–water partition coefficient (Wildman–Crippen LogP) is 1.51. The van der Waals surface area contributed by atoms with Crippen molar-refractivity contribution < 1.29 is 9.59 Å². The van der Waals surface area contributed by atoms with Crippen molar-refractivity contribution in [3.05, 3.63) is 29.8 Å². The van der Waals surface area contributed by atoms with Crippen molar-refractivity contribution in [2.45, 2.75) is 18.6 Å². The van der Waals surface area contributed by atoms with E-state index < -0.39 is 0 Å². The van der Waals surface area contributed by atoms with E-state index in [4.69, 9.17) is 0 Å². The number of carbonyl (C=O) groups excluding carboxylic acids is 2. The van der Waals surface area contributed by atoms with Crippen LogP contribution < -0.4 is 10.6 Å². The van der Waals surface area contributed by atoms with Crippen molar-refractivity contribution in [3.63, 3.8) is 0 Å². The van der Waals surface area contributed by atoms with Crippen LogP contribution in [0.3, 0.4) is 0 Å². The fourth-order valence-electron chi connectivity index (χ4n) is 1.57. The number of carbonyl (C=O) groups is 2. The summed E-state index contributed by atoms with van der Waals surface area (Å²) >= 11 is 1.47. The SMILES string of the molecule is Cc1ccc(NC(=O)CC2SCNC2=O)cc1. The van der Waals surface area contributed by atoms with E-state index in [0.717, 1.165) is 11.3 Å². The monoisotopic (exact) mass is 250 g/mol. The van der Waals surface area contributed by atoms with Crippen LogP contribution in [0.2, 0.25) is 0 Å². The fourth-order valence-corrected chi connectivity index (χ4v) is 2.50. The van der Waals surface area contributed by atoms with Gasteiger partial charge in [0.05, 0.1) is 11.1 Å². The normalized spacial score (nSPS) is 18.9. The van der Waals surface area contributed by atoms with Crippen LogP contribution >= 0.6 is 11.8 Å². The second-order valence-corrected chi connectivity index (χ2v) is 5.15. The van der Waals surface area contributed by atoms with Gasteiger partial charge in [-0.3, -0.25) is 9.59 Å². The molecule has 90 valence electrons. The molecule has 5 heteroatoms. The highest BCUT2D eigenvalue weighted by atomic mass is 32.2. The van der Waals surface area contributed by atoms with E-state index in [-0.39, 0.29) is 23.5 Å². The Morgan fingerprint density at radius 3 is 2.76 bits per heavy atom. The fraction of sp³-hybridized carbons (Fsp3) is 0.333. The summed E-state index contributed by atoms with van der Waals surface area (Å²) in [5.74, 6) is 0.430. The third-order valence-corrected chi connectivity index (χ3v) is 3.62. The van der Waals surface area contributed by atoms with Gasteiger partial charge in [-0.15, -0.1) is 11.8 Å². The first kappa shape index (κ1) is 12.0. The molecular weight excluding hydrogens is 236 g/mol. The zero-order valence-electron chi connectivity index (χ0n) is 9.53. The van der Waals surface area contributed by atoms with Gasteiger partial charge in [-0.2, -0.15) is 0 Å². The van der Waals surface area contributed by atoms with Crippen LogP contribution in [0.1, 0.15) is 12.0 Å². The lowest BCUT2D eigenvalue weighted by Crippen LogP contribution is -2.26. The molecule has 2 rings (SSSR count). The van der Waals surface area contributed by atoms with Crippen molar-refractivity contribution in [1.82, 2.24) is 5.32 Å². The number of aryl methyl sites for hydroxylation is 1. The summed E-state index contributed by atoms with van der Waals surface area (Å²) in [6, 6.07) is 7.59. The molecule has 1 aromatic rings. The Labute approximate surface area is 104 Å². The van der Waals surface area contributed by atoms with Crippen LogP contribution in [0.15, 0.2) is 24.3 Å². The first-order chi connectivity index (χ1) is 8.15. The number of benzene rings is 1. The van der Waals surface area contributed by atoms with E-state index >= 15 is 0 Å². The first-order valence-electron chi connectivity index (χ1n) is 5.41. The minimum absolute atomic E-state index is 0.0472. The molecule has 1 heterocycles. The molecule has 17 heavy (non-hydrogen) atoms. The molecule has 1 aliphatic rings. The summed E-state index contributed by atoms with van der Waals surface area (Å²) in [6.07, 6.45) is 0.227. The second kappa shape index (κ2) is 5.23. The Balaban J connectivity index is 1.88. The van der Waals surface area contributed by atoms with Gasteiger partial charge in [0, 0.05) is 12.1 Å². The van der Waals surface area contributed by atoms with E-state index in [0.29, 0.717) is 5.88 Å². The quantitative estimate of drug-likeness (QED) is 0.855. The number of hydrogen-bond acceptors (Lipinski definition) is 3. The number of thioether (sulfide) groups is 1. The molecule has 0 aromatic heterocycles. The van der Waals surface area contributed by atoms with E-state index in [1.807, 2.05) is 31.2 Å². The Morgan fingerprint density at radius 2 is 2.18 bits per heavy atom. The van der Waals surface area contributed by atoms with Crippen molar-refractivity contribution in [2.75, 3.05) is 11.2 Å².